The zero-order chi connectivity index (χ0) is 25.2. The van der Waals surface area contributed by atoms with Crippen LogP contribution < -0.4 is 5.32 Å². The third kappa shape index (κ3) is 2.88. The summed E-state index contributed by atoms with van der Waals surface area (Å²) in [5, 5.41) is 23.0. The van der Waals surface area contributed by atoms with Gasteiger partial charge in [-0.3, -0.25) is 15.2 Å². The Morgan fingerprint density at radius 3 is 2.32 bits per heavy atom. The second-order valence-corrected chi connectivity index (χ2v) is 10.2. The zero-order valence-electron chi connectivity index (χ0n) is 20.2. The van der Waals surface area contributed by atoms with Crippen LogP contribution in [0.4, 0.5) is 5.95 Å². The Morgan fingerprint density at radius 2 is 1.59 bits per heavy atom. The summed E-state index contributed by atoms with van der Waals surface area (Å²) in [4.78, 5) is 18.6. The number of nitrogens with one attached hydrogen (secondary N) is 2. The van der Waals surface area contributed by atoms with Gasteiger partial charge >= 0.3 is 0 Å². The molecule has 4 aromatic carbocycles. The molecule has 8 rings (SSSR count). The minimum Gasteiger partial charge on any atom is -0.293 e. The second-order valence-electron chi connectivity index (χ2n) is 10.2. The van der Waals surface area contributed by atoms with Crippen molar-refractivity contribution in [1.82, 2.24) is 15.2 Å². The van der Waals surface area contributed by atoms with Gasteiger partial charge in [-0.1, -0.05) is 91.0 Å². The number of hydrogen-bond donors (Lipinski definition) is 2. The highest BCUT2D eigenvalue weighted by molar-refractivity contribution is 5.98. The molecule has 1 amide bonds. The van der Waals surface area contributed by atoms with Crippen molar-refractivity contribution < 1.29 is 4.79 Å². The first-order chi connectivity index (χ1) is 18.0. The molecule has 0 fully saturated rings. The number of nitrogens with zero attached hydrogens (tertiary/aromatic N) is 3. The molecule has 37 heavy (non-hydrogen) atoms. The minimum atomic E-state index is -0.888. The number of H-pyrrole nitrogens is 1. The van der Waals surface area contributed by atoms with Crippen LogP contribution in [0.3, 0.4) is 0 Å². The van der Waals surface area contributed by atoms with Crippen molar-refractivity contribution >= 4 is 22.6 Å². The van der Waals surface area contributed by atoms with E-state index in [1.807, 2.05) is 73.7 Å². The summed E-state index contributed by atoms with van der Waals surface area (Å²) in [5.74, 6) is 0.450. The summed E-state index contributed by atoms with van der Waals surface area (Å²) in [6.07, 6.45) is 0.391. The Balaban J connectivity index is 1.28. The number of carbonyl (C=O) groups excluding carboxylic acids is 1. The molecular formula is C31H23N5O. The summed E-state index contributed by atoms with van der Waals surface area (Å²) in [7, 11) is 0. The molecule has 0 radical (unpaired) electrons. The number of nitriles is 1. The Morgan fingerprint density at radius 1 is 0.946 bits per heavy atom. The lowest BCUT2D eigenvalue weighted by Gasteiger charge is -2.54. The molecule has 0 spiro atoms. The molecule has 1 heterocycles. The normalized spacial score (nSPS) is 23.2. The van der Waals surface area contributed by atoms with Gasteiger partial charge in [-0.2, -0.15) is 10.2 Å². The molecule has 3 aliphatic rings. The Labute approximate surface area is 214 Å². The number of aromatic amines is 1. The molecule has 0 saturated heterocycles. The quantitative estimate of drug-likeness (QED) is 0.334. The lowest BCUT2D eigenvalue weighted by molar-refractivity contribution is -0.127. The van der Waals surface area contributed by atoms with E-state index in [9.17, 15) is 10.1 Å². The average Bonchev–Trinajstić information content (AvgIpc) is 3.41. The van der Waals surface area contributed by atoms with Crippen LogP contribution in [0.5, 0.6) is 0 Å². The van der Waals surface area contributed by atoms with E-state index in [0.29, 0.717) is 12.2 Å². The molecule has 178 valence electrons. The van der Waals surface area contributed by atoms with Crippen LogP contribution in [0.1, 0.15) is 41.5 Å². The fourth-order valence-electron chi connectivity index (χ4n) is 6.60. The van der Waals surface area contributed by atoms with Gasteiger partial charge in [-0.05, 0) is 46.4 Å². The van der Waals surface area contributed by atoms with Gasteiger partial charge in [0.2, 0.25) is 11.9 Å². The number of benzene rings is 4. The fourth-order valence-corrected chi connectivity index (χ4v) is 6.60. The fraction of sp³-hybridized carbons (Fsp3) is 0.161. The molecule has 3 aliphatic carbocycles. The first kappa shape index (κ1) is 21.5. The summed E-state index contributed by atoms with van der Waals surface area (Å²) in [6.45, 7) is 1.96. The Kier molecular flexibility index (Phi) is 4.43. The minimum absolute atomic E-state index is 0.174. The zero-order valence-corrected chi connectivity index (χ0v) is 20.2. The van der Waals surface area contributed by atoms with Gasteiger partial charge < -0.3 is 0 Å². The van der Waals surface area contributed by atoms with Gasteiger partial charge in [0.05, 0.1) is 11.5 Å². The summed E-state index contributed by atoms with van der Waals surface area (Å²) >= 11 is 0. The van der Waals surface area contributed by atoms with Crippen molar-refractivity contribution in [2.45, 2.75) is 24.7 Å². The van der Waals surface area contributed by atoms with Crippen molar-refractivity contribution in [3.63, 3.8) is 0 Å². The maximum Gasteiger partial charge on any atom is 0.249 e. The highest BCUT2D eigenvalue weighted by Gasteiger charge is 2.61. The molecule has 6 nitrogen and oxygen atoms in total. The van der Waals surface area contributed by atoms with Gasteiger partial charge in [0.25, 0.3) is 0 Å². The van der Waals surface area contributed by atoms with E-state index in [2.05, 4.69) is 50.8 Å². The van der Waals surface area contributed by atoms with E-state index >= 15 is 0 Å². The molecule has 0 saturated carbocycles. The van der Waals surface area contributed by atoms with Crippen molar-refractivity contribution in [2.75, 3.05) is 5.32 Å². The van der Waals surface area contributed by atoms with E-state index in [1.165, 1.54) is 0 Å². The van der Waals surface area contributed by atoms with E-state index in [4.69, 9.17) is 0 Å². The molecule has 1 atom stereocenters. The van der Waals surface area contributed by atoms with Crippen molar-refractivity contribution in [1.29, 1.82) is 5.26 Å². The molecule has 6 heteroatoms. The van der Waals surface area contributed by atoms with E-state index < -0.39 is 10.8 Å². The third-order valence-corrected chi connectivity index (χ3v) is 8.20. The van der Waals surface area contributed by atoms with Crippen LogP contribution in [0.15, 0.2) is 91.0 Å². The van der Waals surface area contributed by atoms with Gasteiger partial charge in [0.15, 0.2) is 5.82 Å². The number of amides is 1. The van der Waals surface area contributed by atoms with Crippen LogP contribution in [0.2, 0.25) is 0 Å². The van der Waals surface area contributed by atoms with E-state index in [1.54, 1.807) is 0 Å². The van der Waals surface area contributed by atoms with E-state index in [-0.39, 0.29) is 17.8 Å². The van der Waals surface area contributed by atoms with Crippen LogP contribution in [0, 0.1) is 16.7 Å². The topological polar surface area (TPSA) is 94.5 Å². The lowest BCUT2D eigenvalue weighted by atomic mass is 9.47. The predicted molar refractivity (Wildman–Crippen MR) is 142 cm³/mol. The molecular weight excluding hydrogens is 458 g/mol. The monoisotopic (exact) mass is 481 g/mol. The molecule has 2 bridgehead atoms. The number of aromatic nitrogens is 3. The maximum atomic E-state index is 14.0. The van der Waals surface area contributed by atoms with Gasteiger partial charge in [0.1, 0.15) is 5.41 Å². The number of rotatable bonds is 3. The highest BCUT2D eigenvalue weighted by atomic mass is 16.2. The molecule has 2 N–H and O–H groups in total. The average molecular weight is 482 g/mol. The second kappa shape index (κ2) is 7.62. The standard InChI is InChI=1S/C31H23N5O/c1-30(17-31(18-32)24-15-6-4-12-22(24)26(30)23-13-5-7-16-25(23)31)28(37)34-29-33-27(35-36-29)21-14-8-10-19-9-2-3-11-20(19)21/h2-16,26H,17H2,1H3,(H2,33,34,35,36,37)/t26?,30-,31?/m0/s1. The smallest absolute Gasteiger partial charge is 0.249 e. The van der Waals surface area contributed by atoms with Crippen molar-refractivity contribution in [3.8, 4) is 17.5 Å². The number of anilines is 1. The highest BCUT2D eigenvalue weighted by Crippen LogP contribution is 2.63. The largest absolute Gasteiger partial charge is 0.293 e. The SMILES string of the molecule is C[C@]1(C(=O)Nc2n[nH]c(-c3cccc4ccccc34)n2)CC2(C#N)c3ccccc3C1c1ccccc12. The number of hydrogen-bond acceptors (Lipinski definition) is 4. The Hall–Kier alpha value is -4.76. The van der Waals surface area contributed by atoms with Crippen LogP contribution in [0.25, 0.3) is 22.2 Å². The third-order valence-electron chi connectivity index (χ3n) is 8.20. The predicted octanol–water partition coefficient (Wildman–Crippen LogP) is 5.93. The van der Waals surface area contributed by atoms with Crippen molar-refractivity contribution in [3.05, 3.63) is 113 Å². The number of fused-ring (bicyclic) bond motifs is 2. The van der Waals surface area contributed by atoms with Gasteiger partial charge in [-0.15, -0.1) is 5.10 Å². The first-order valence-corrected chi connectivity index (χ1v) is 12.4. The summed E-state index contributed by atoms with van der Waals surface area (Å²) in [5.41, 5.74) is 3.25. The summed E-state index contributed by atoms with van der Waals surface area (Å²) in [6, 6.07) is 32.8. The Bertz CT molecular complexity index is 1710. The van der Waals surface area contributed by atoms with E-state index in [0.717, 1.165) is 38.6 Å². The first-order valence-electron chi connectivity index (χ1n) is 12.4. The number of carbonyl (C=O) groups is 1. The van der Waals surface area contributed by atoms with Crippen LogP contribution in [-0.2, 0) is 10.2 Å². The molecule has 1 aromatic heterocycles. The maximum absolute atomic E-state index is 14.0. The lowest BCUT2D eigenvalue weighted by Crippen LogP contribution is -2.53. The van der Waals surface area contributed by atoms with Crippen LogP contribution >= 0.6 is 0 Å². The van der Waals surface area contributed by atoms with Gasteiger partial charge in [-0.25, -0.2) is 0 Å². The van der Waals surface area contributed by atoms with Crippen LogP contribution in [-0.4, -0.2) is 21.1 Å². The summed E-state index contributed by atoms with van der Waals surface area (Å²) < 4.78 is 0. The molecule has 0 unspecified atom stereocenters. The van der Waals surface area contributed by atoms with Gasteiger partial charge in [0, 0.05) is 11.5 Å². The molecule has 0 aliphatic heterocycles. The van der Waals surface area contributed by atoms with Crippen molar-refractivity contribution in [2.24, 2.45) is 5.41 Å². The molecule has 5 aromatic rings.